The molecule has 0 atom stereocenters. The van der Waals surface area contributed by atoms with E-state index >= 15 is 0 Å². The summed E-state index contributed by atoms with van der Waals surface area (Å²) in [6.07, 6.45) is 0.892. The Kier molecular flexibility index (Phi) is 5.13. The lowest BCUT2D eigenvalue weighted by molar-refractivity contribution is -0.131. The van der Waals surface area contributed by atoms with Crippen molar-refractivity contribution in [2.45, 2.75) is 32.8 Å². The summed E-state index contributed by atoms with van der Waals surface area (Å²) in [7, 11) is 0. The molecule has 6 heteroatoms. The third-order valence-corrected chi connectivity index (χ3v) is 4.41. The Balaban J connectivity index is 1.75. The molecule has 0 bridgehead atoms. The SMILES string of the molecule is CC(C)Oc1ccccc1NC(=O)C1(C(=O)Nc2ccccc2C#N)CC1. The molecule has 138 valence electrons. The van der Waals surface area contributed by atoms with Gasteiger partial charge in [-0.1, -0.05) is 24.3 Å². The van der Waals surface area contributed by atoms with Crippen LogP contribution in [0.25, 0.3) is 0 Å². The molecule has 1 fully saturated rings. The number of ether oxygens (including phenoxy) is 1. The van der Waals surface area contributed by atoms with E-state index in [9.17, 15) is 9.59 Å². The second-order valence-electron chi connectivity index (χ2n) is 6.81. The molecule has 27 heavy (non-hydrogen) atoms. The van der Waals surface area contributed by atoms with Crippen molar-refractivity contribution in [1.29, 1.82) is 5.26 Å². The van der Waals surface area contributed by atoms with E-state index in [4.69, 9.17) is 10.00 Å². The zero-order valence-electron chi connectivity index (χ0n) is 15.3. The molecule has 0 aromatic heterocycles. The molecule has 0 heterocycles. The molecule has 0 spiro atoms. The molecular weight excluding hydrogens is 342 g/mol. The first kappa shape index (κ1) is 18.5. The fourth-order valence-electron chi connectivity index (χ4n) is 2.78. The van der Waals surface area contributed by atoms with E-state index in [1.54, 1.807) is 42.5 Å². The van der Waals surface area contributed by atoms with E-state index in [1.807, 2.05) is 26.0 Å². The highest BCUT2D eigenvalue weighted by Crippen LogP contribution is 2.48. The summed E-state index contributed by atoms with van der Waals surface area (Å²) in [5.41, 5.74) is 0.186. The van der Waals surface area contributed by atoms with Crippen molar-refractivity contribution >= 4 is 23.2 Å². The number of nitrogens with zero attached hydrogens (tertiary/aromatic N) is 1. The molecule has 2 N–H and O–H groups in total. The summed E-state index contributed by atoms with van der Waals surface area (Å²) in [4.78, 5) is 25.6. The summed E-state index contributed by atoms with van der Waals surface area (Å²) < 4.78 is 5.71. The van der Waals surface area contributed by atoms with Gasteiger partial charge in [-0.25, -0.2) is 0 Å². The van der Waals surface area contributed by atoms with Gasteiger partial charge in [0.15, 0.2) is 0 Å². The Morgan fingerprint density at radius 1 is 1.00 bits per heavy atom. The number of para-hydroxylation sites is 3. The van der Waals surface area contributed by atoms with Crippen LogP contribution in [-0.2, 0) is 9.59 Å². The average Bonchev–Trinajstić information content (AvgIpc) is 3.45. The fraction of sp³-hybridized carbons (Fsp3) is 0.286. The van der Waals surface area contributed by atoms with Crippen LogP contribution in [0.3, 0.4) is 0 Å². The molecule has 6 nitrogen and oxygen atoms in total. The standard InChI is InChI=1S/C21H21N3O3/c1-14(2)27-18-10-6-5-9-17(18)24-20(26)21(11-12-21)19(25)23-16-8-4-3-7-15(16)13-22/h3-10,14H,11-12H2,1-2H3,(H,23,25)(H,24,26). The van der Waals surface area contributed by atoms with Gasteiger partial charge in [-0.05, 0) is 51.0 Å². The first-order chi connectivity index (χ1) is 13.0. The summed E-state index contributed by atoms with van der Waals surface area (Å²) in [5.74, 6) is -0.203. The number of hydrogen-bond donors (Lipinski definition) is 2. The van der Waals surface area contributed by atoms with E-state index in [0.29, 0.717) is 35.5 Å². The number of rotatable bonds is 6. The van der Waals surface area contributed by atoms with Crippen LogP contribution in [0, 0.1) is 16.7 Å². The highest BCUT2D eigenvalue weighted by molar-refractivity contribution is 6.17. The molecule has 0 aliphatic heterocycles. The summed E-state index contributed by atoms with van der Waals surface area (Å²) in [6, 6.07) is 15.9. The number of anilines is 2. The summed E-state index contributed by atoms with van der Waals surface area (Å²) in [5, 5.41) is 14.7. The minimum absolute atomic E-state index is 0.0382. The van der Waals surface area contributed by atoms with Crippen molar-refractivity contribution in [2.75, 3.05) is 10.6 Å². The predicted molar refractivity (Wildman–Crippen MR) is 102 cm³/mol. The van der Waals surface area contributed by atoms with E-state index in [-0.39, 0.29) is 12.0 Å². The van der Waals surface area contributed by atoms with Gasteiger partial charge in [0.1, 0.15) is 17.2 Å². The predicted octanol–water partition coefficient (Wildman–Crippen LogP) is 3.70. The van der Waals surface area contributed by atoms with E-state index < -0.39 is 11.3 Å². The van der Waals surface area contributed by atoms with Crippen molar-refractivity contribution in [1.82, 2.24) is 0 Å². The van der Waals surface area contributed by atoms with Gasteiger partial charge < -0.3 is 15.4 Å². The van der Waals surface area contributed by atoms with E-state index in [0.717, 1.165) is 0 Å². The molecule has 0 unspecified atom stereocenters. The number of nitriles is 1. The summed E-state index contributed by atoms with van der Waals surface area (Å²) in [6.45, 7) is 3.81. The number of carbonyl (C=O) groups is 2. The van der Waals surface area contributed by atoms with Crippen LogP contribution in [0.15, 0.2) is 48.5 Å². The minimum atomic E-state index is -1.12. The molecule has 3 rings (SSSR count). The fourth-order valence-corrected chi connectivity index (χ4v) is 2.78. The molecule has 0 saturated heterocycles. The molecule has 1 aliphatic rings. The highest BCUT2D eigenvalue weighted by atomic mass is 16.5. The van der Waals surface area contributed by atoms with Gasteiger partial charge in [-0.15, -0.1) is 0 Å². The van der Waals surface area contributed by atoms with Crippen LogP contribution in [0.2, 0.25) is 0 Å². The minimum Gasteiger partial charge on any atom is -0.489 e. The quantitative estimate of drug-likeness (QED) is 0.766. The Morgan fingerprint density at radius 3 is 2.15 bits per heavy atom. The van der Waals surface area contributed by atoms with Gasteiger partial charge in [0.2, 0.25) is 11.8 Å². The lowest BCUT2D eigenvalue weighted by Gasteiger charge is -2.18. The van der Waals surface area contributed by atoms with Crippen molar-refractivity contribution in [3.05, 3.63) is 54.1 Å². The third kappa shape index (κ3) is 3.93. The van der Waals surface area contributed by atoms with Gasteiger partial charge in [0, 0.05) is 0 Å². The van der Waals surface area contributed by atoms with Gasteiger partial charge in [-0.2, -0.15) is 5.26 Å². The van der Waals surface area contributed by atoms with Gasteiger partial charge in [-0.3, -0.25) is 9.59 Å². The Hall–Kier alpha value is -3.33. The van der Waals surface area contributed by atoms with Gasteiger partial charge in [0.25, 0.3) is 0 Å². The topological polar surface area (TPSA) is 91.2 Å². The average molecular weight is 363 g/mol. The maximum Gasteiger partial charge on any atom is 0.240 e. The number of amides is 2. The Bertz CT molecular complexity index is 911. The third-order valence-electron chi connectivity index (χ3n) is 4.41. The Labute approximate surface area is 158 Å². The zero-order valence-corrected chi connectivity index (χ0v) is 15.3. The molecule has 2 aromatic rings. The molecular formula is C21H21N3O3. The smallest absolute Gasteiger partial charge is 0.240 e. The number of nitrogens with one attached hydrogen (secondary N) is 2. The lowest BCUT2D eigenvalue weighted by atomic mass is 10.0. The van der Waals surface area contributed by atoms with E-state index in [1.165, 1.54) is 0 Å². The van der Waals surface area contributed by atoms with Crippen LogP contribution in [0.4, 0.5) is 11.4 Å². The number of carbonyl (C=O) groups excluding carboxylic acids is 2. The molecule has 2 amide bonds. The van der Waals surface area contributed by atoms with Crippen LogP contribution in [0.1, 0.15) is 32.3 Å². The van der Waals surface area contributed by atoms with Gasteiger partial charge >= 0.3 is 0 Å². The van der Waals surface area contributed by atoms with Gasteiger partial charge in [0.05, 0.1) is 23.0 Å². The maximum atomic E-state index is 12.8. The second-order valence-corrected chi connectivity index (χ2v) is 6.81. The number of benzene rings is 2. The first-order valence-electron chi connectivity index (χ1n) is 8.84. The number of hydrogen-bond acceptors (Lipinski definition) is 4. The maximum absolute atomic E-state index is 12.8. The van der Waals surface area contributed by atoms with Crippen molar-refractivity contribution in [3.63, 3.8) is 0 Å². The summed E-state index contributed by atoms with van der Waals surface area (Å²) >= 11 is 0. The molecule has 2 aromatic carbocycles. The highest BCUT2D eigenvalue weighted by Gasteiger charge is 2.56. The lowest BCUT2D eigenvalue weighted by Crippen LogP contribution is -2.36. The van der Waals surface area contributed by atoms with Crippen molar-refractivity contribution in [2.24, 2.45) is 5.41 Å². The van der Waals surface area contributed by atoms with Crippen LogP contribution in [-0.4, -0.2) is 17.9 Å². The molecule has 1 saturated carbocycles. The second kappa shape index (κ2) is 7.50. The zero-order chi connectivity index (χ0) is 19.4. The Morgan fingerprint density at radius 2 is 1.56 bits per heavy atom. The monoisotopic (exact) mass is 363 g/mol. The van der Waals surface area contributed by atoms with Crippen LogP contribution in [0.5, 0.6) is 5.75 Å². The molecule has 0 radical (unpaired) electrons. The first-order valence-corrected chi connectivity index (χ1v) is 8.84. The molecule has 1 aliphatic carbocycles. The van der Waals surface area contributed by atoms with Crippen molar-refractivity contribution < 1.29 is 14.3 Å². The van der Waals surface area contributed by atoms with Crippen molar-refractivity contribution in [3.8, 4) is 11.8 Å². The van der Waals surface area contributed by atoms with Crippen LogP contribution >= 0.6 is 0 Å². The van der Waals surface area contributed by atoms with Crippen LogP contribution < -0.4 is 15.4 Å². The normalized spacial score (nSPS) is 14.1. The largest absolute Gasteiger partial charge is 0.489 e. The van der Waals surface area contributed by atoms with E-state index in [2.05, 4.69) is 10.6 Å².